The average molecular weight is 205 g/mol. The van der Waals surface area contributed by atoms with Gasteiger partial charge in [-0.25, -0.2) is 9.98 Å². The molecule has 0 amide bonds. The maximum atomic E-state index is 4.73. The van der Waals surface area contributed by atoms with E-state index in [2.05, 4.69) is 49.9 Å². The molecule has 3 nitrogen and oxygen atoms in total. The smallest absolute Gasteiger partial charge is 0.134 e. The first kappa shape index (κ1) is 10.4. The van der Waals surface area contributed by atoms with Crippen LogP contribution in [0.25, 0.3) is 0 Å². The van der Waals surface area contributed by atoms with Crippen molar-refractivity contribution in [2.45, 2.75) is 39.9 Å². The highest BCUT2D eigenvalue weighted by atomic mass is 15.3. The average Bonchev–Trinajstić information content (AvgIpc) is 2.59. The van der Waals surface area contributed by atoms with E-state index in [4.69, 9.17) is 4.99 Å². The van der Waals surface area contributed by atoms with Crippen LogP contribution in [0.3, 0.4) is 0 Å². The van der Waals surface area contributed by atoms with Crippen molar-refractivity contribution in [3.8, 4) is 0 Å². The van der Waals surface area contributed by atoms with Gasteiger partial charge in [0.1, 0.15) is 12.0 Å². The van der Waals surface area contributed by atoms with E-state index in [1.54, 1.807) is 0 Å². The molecular formula is C12H19N3. The fraction of sp³-hybridized carbons (Fsp3) is 0.667. The van der Waals surface area contributed by atoms with Gasteiger partial charge in [0, 0.05) is 18.2 Å². The highest BCUT2D eigenvalue weighted by Gasteiger charge is 2.31. The van der Waals surface area contributed by atoms with Gasteiger partial charge in [-0.05, 0) is 20.0 Å². The van der Waals surface area contributed by atoms with Gasteiger partial charge in [-0.3, -0.25) is 0 Å². The second kappa shape index (κ2) is 3.80. The van der Waals surface area contributed by atoms with Gasteiger partial charge in [-0.2, -0.15) is 0 Å². The van der Waals surface area contributed by atoms with E-state index in [-0.39, 0.29) is 6.17 Å². The molecule has 2 atom stereocenters. The molecule has 2 aliphatic rings. The minimum Gasteiger partial charge on any atom is -0.353 e. The van der Waals surface area contributed by atoms with Gasteiger partial charge >= 0.3 is 0 Å². The molecular weight excluding hydrogens is 186 g/mol. The molecule has 0 aromatic heterocycles. The van der Waals surface area contributed by atoms with E-state index in [1.165, 1.54) is 0 Å². The van der Waals surface area contributed by atoms with E-state index in [1.807, 2.05) is 6.21 Å². The lowest BCUT2D eigenvalue weighted by atomic mass is 10.1. The zero-order valence-corrected chi connectivity index (χ0v) is 9.88. The summed E-state index contributed by atoms with van der Waals surface area (Å²) >= 11 is 0. The first-order valence-electron chi connectivity index (χ1n) is 5.67. The van der Waals surface area contributed by atoms with Gasteiger partial charge in [0.05, 0.1) is 5.92 Å². The molecule has 0 fully saturated rings. The van der Waals surface area contributed by atoms with Crippen LogP contribution in [0.1, 0.15) is 27.7 Å². The van der Waals surface area contributed by atoms with Gasteiger partial charge in [-0.15, -0.1) is 0 Å². The minimum absolute atomic E-state index is 0.250. The highest BCUT2D eigenvalue weighted by Crippen LogP contribution is 2.26. The Morgan fingerprint density at radius 2 is 2.00 bits per heavy atom. The fourth-order valence-electron chi connectivity index (χ4n) is 1.97. The third kappa shape index (κ3) is 1.83. The van der Waals surface area contributed by atoms with Crippen molar-refractivity contribution >= 4 is 12.1 Å². The van der Waals surface area contributed by atoms with Crippen molar-refractivity contribution in [2.24, 2.45) is 21.8 Å². The van der Waals surface area contributed by atoms with Crippen LogP contribution in [-0.4, -0.2) is 29.2 Å². The van der Waals surface area contributed by atoms with E-state index in [9.17, 15) is 0 Å². The summed E-state index contributed by atoms with van der Waals surface area (Å²) in [5.41, 5.74) is 0. The quantitative estimate of drug-likeness (QED) is 0.680. The molecule has 2 heterocycles. The number of hydrogen-bond acceptors (Lipinski definition) is 3. The van der Waals surface area contributed by atoms with Gasteiger partial charge in [0.2, 0.25) is 0 Å². The standard InChI is InChI=1S/C12H19N3/c1-8(2)11-13-7-10-5-6-15(9(3)4)12(10)14-11/h5-10,12H,1-4H3. The van der Waals surface area contributed by atoms with Crippen LogP contribution in [-0.2, 0) is 0 Å². The molecule has 0 aliphatic carbocycles. The molecule has 2 unspecified atom stereocenters. The molecule has 0 aromatic carbocycles. The van der Waals surface area contributed by atoms with Crippen LogP contribution >= 0.6 is 0 Å². The van der Waals surface area contributed by atoms with Crippen molar-refractivity contribution in [3.05, 3.63) is 12.3 Å². The summed E-state index contributed by atoms with van der Waals surface area (Å²) in [6.45, 7) is 8.67. The Hall–Kier alpha value is -1.12. The number of nitrogens with zero attached hydrogens (tertiary/aromatic N) is 3. The van der Waals surface area contributed by atoms with E-state index in [0.29, 0.717) is 17.9 Å². The Labute approximate surface area is 91.6 Å². The minimum atomic E-state index is 0.250. The van der Waals surface area contributed by atoms with Crippen molar-refractivity contribution in [1.82, 2.24) is 4.90 Å². The van der Waals surface area contributed by atoms with Crippen LogP contribution in [0.5, 0.6) is 0 Å². The number of hydrogen-bond donors (Lipinski definition) is 0. The third-order valence-electron chi connectivity index (χ3n) is 2.89. The van der Waals surface area contributed by atoms with E-state index < -0.39 is 0 Å². The molecule has 2 aliphatic heterocycles. The largest absolute Gasteiger partial charge is 0.353 e. The Morgan fingerprint density at radius 3 is 2.60 bits per heavy atom. The normalized spacial score (nSPS) is 28.9. The predicted octanol–water partition coefficient (Wildman–Crippen LogP) is 2.31. The second-order valence-corrected chi connectivity index (χ2v) is 4.79. The molecule has 0 aromatic rings. The Balaban J connectivity index is 2.21. The fourth-order valence-corrected chi connectivity index (χ4v) is 1.97. The number of aliphatic imine (C=N–C) groups is 2. The summed E-state index contributed by atoms with van der Waals surface area (Å²) in [4.78, 5) is 11.4. The number of amidine groups is 1. The molecule has 3 heteroatoms. The molecule has 0 N–H and O–H groups in total. The molecule has 15 heavy (non-hydrogen) atoms. The summed E-state index contributed by atoms with van der Waals surface area (Å²) < 4.78 is 0. The lowest BCUT2D eigenvalue weighted by Crippen LogP contribution is -2.38. The van der Waals surface area contributed by atoms with E-state index >= 15 is 0 Å². The molecule has 0 spiro atoms. The Bertz CT molecular complexity index is 326. The predicted molar refractivity (Wildman–Crippen MR) is 64.2 cm³/mol. The van der Waals surface area contributed by atoms with E-state index in [0.717, 1.165) is 5.84 Å². The third-order valence-corrected chi connectivity index (χ3v) is 2.89. The summed E-state index contributed by atoms with van der Waals surface area (Å²) in [6, 6.07) is 0.500. The summed E-state index contributed by atoms with van der Waals surface area (Å²) in [5.74, 6) is 1.76. The number of rotatable bonds is 2. The van der Waals surface area contributed by atoms with Gasteiger partial charge in [0.15, 0.2) is 0 Å². The maximum absolute atomic E-state index is 4.73. The van der Waals surface area contributed by atoms with Crippen LogP contribution in [0.2, 0.25) is 0 Å². The van der Waals surface area contributed by atoms with Gasteiger partial charge < -0.3 is 4.90 Å². The SMILES string of the molecule is CC(C)C1=NC2C(C=CN2C(C)C)C=N1. The van der Waals surface area contributed by atoms with Crippen LogP contribution < -0.4 is 0 Å². The first-order valence-corrected chi connectivity index (χ1v) is 5.67. The molecule has 0 bridgehead atoms. The zero-order valence-electron chi connectivity index (χ0n) is 9.88. The van der Waals surface area contributed by atoms with Crippen LogP contribution in [0.15, 0.2) is 22.3 Å². The lowest BCUT2D eigenvalue weighted by molar-refractivity contribution is 0.238. The molecule has 0 saturated carbocycles. The molecule has 0 saturated heterocycles. The first-order chi connectivity index (χ1) is 7.09. The van der Waals surface area contributed by atoms with Crippen molar-refractivity contribution < 1.29 is 0 Å². The zero-order chi connectivity index (χ0) is 11.0. The molecule has 0 radical (unpaired) electrons. The molecule has 82 valence electrons. The monoisotopic (exact) mass is 205 g/mol. The van der Waals surface area contributed by atoms with Crippen LogP contribution in [0.4, 0.5) is 0 Å². The highest BCUT2D eigenvalue weighted by molar-refractivity contribution is 5.94. The maximum Gasteiger partial charge on any atom is 0.134 e. The topological polar surface area (TPSA) is 28.0 Å². The van der Waals surface area contributed by atoms with Crippen LogP contribution in [0, 0.1) is 11.8 Å². The van der Waals surface area contributed by atoms with Crippen molar-refractivity contribution in [2.75, 3.05) is 0 Å². The van der Waals surface area contributed by atoms with Crippen molar-refractivity contribution in [3.63, 3.8) is 0 Å². The summed E-state index contributed by atoms with van der Waals surface area (Å²) in [6.07, 6.45) is 6.62. The van der Waals surface area contributed by atoms with Crippen molar-refractivity contribution in [1.29, 1.82) is 0 Å². The summed E-state index contributed by atoms with van der Waals surface area (Å²) in [5, 5.41) is 0. The second-order valence-electron chi connectivity index (χ2n) is 4.79. The Morgan fingerprint density at radius 1 is 1.27 bits per heavy atom. The number of fused-ring (bicyclic) bond motifs is 1. The molecule has 2 rings (SSSR count). The Kier molecular flexibility index (Phi) is 2.63. The van der Waals surface area contributed by atoms with Gasteiger partial charge in [-0.1, -0.05) is 19.9 Å². The summed E-state index contributed by atoms with van der Waals surface area (Å²) in [7, 11) is 0. The van der Waals surface area contributed by atoms with Gasteiger partial charge in [0.25, 0.3) is 0 Å². The lowest BCUT2D eigenvalue weighted by Gasteiger charge is -2.31.